The molecule has 2 aromatic carbocycles. The number of nitrogens with one attached hydrogen (secondary N) is 1. The predicted molar refractivity (Wildman–Crippen MR) is 161 cm³/mol. The van der Waals surface area contributed by atoms with Gasteiger partial charge in [-0.1, -0.05) is 59.1 Å². The molecule has 4 nitrogen and oxygen atoms in total. The summed E-state index contributed by atoms with van der Waals surface area (Å²) in [6.07, 6.45) is 13.5. The molecule has 0 spiro atoms. The number of hydrogen-bond acceptors (Lipinski definition) is 2. The first kappa shape index (κ1) is 28.2. The van der Waals surface area contributed by atoms with Gasteiger partial charge in [0.2, 0.25) is 5.91 Å². The molecule has 1 heterocycles. The Balaban J connectivity index is 0.00000164. The molecule has 2 unspecified atom stereocenters. The maximum atomic E-state index is 12.9. The van der Waals surface area contributed by atoms with E-state index in [9.17, 15) is 9.90 Å². The van der Waals surface area contributed by atoms with Crippen LogP contribution in [-0.4, -0.2) is 21.7 Å². The number of aliphatic hydroxyl groups is 1. The second-order valence-corrected chi connectivity index (χ2v) is 11.0. The molecule has 2 atom stereocenters. The molecule has 0 aliphatic heterocycles. The summed E-state index contributed by atoms with van der Waals surface area (Å²) in [6, 6.07) is 15.2. The maximum Gasteiger partial charge on any atom is 0.248 e. The van der Waals surface area contributed by atoms with Crippen LogP contribution < -0.4 is 5.32 Å². The van der Waals surface area contributed by atoms with Crippen molar-refractivity contribution in [3.63, 3.8) is 0 Å². The number of amides is 1. The number of aryl methyl sites for hydroxylation is 1. The van der Waals surface area contributed by atoms with E-state index in [4.69, 9.17) is 0 Å². The summed E-state index contributed by atoms with van der Waals surface area (Å²) in [5, 5.41) is 14.3. The number of carbonyl (C=O) groups is 1. The van der Waals surface area contributed by atoms with Crippen LogP contribution in [0.4, 0.5) is 5.69 Å². The van der Waals surface area contributed by atoms with Crippen LogP contribution in [0, 0.1) is 5.92 Å². The minimum atomic E-state index is -0.282. The molecule has 4 heteroatoms. The molecule has 1 saturated carbocycles. The van der Waals surface area contributed by atoms with E-state index in [0.717, 1.165) is 42.8 Å². The van der Waals surface area contributed by atoms with E-state index < -0.39 is 0 Å². The van der Waals surface area contributed by atoms with Crippen LogP contribution in [-0.2, 0) is 24.2 Å². The molecular formula is C34H46N2O2. The third-order valence-corrected chi connectivity index (χ3v) is 8.39. The first-order chi connectivity index (χ1) is 18.5. The van der Waals surface area contributed by atoms with Crippen molar-refractivity contribution in [2.24, 2.45) is 5.92 Å². The molecule has 1 aromatic heterocycles. The number of fused-ring (bicyclic) bond motifs is 2. The Bertz CT molecular complexity index is 1250. The lowest BCUT2D eigenvalue weighted by atomic mass is 9.89. The van der Waals surface area contributed by atoms with Crippen LogP contribution in [0.25, 0.3) is 17.0 Å². The Morgan fingerprint density at radius 1 is 1.05 bits per heavy atom. The molecule has 204 valence electrons. The molecule has 2 N–H and O–H groups in total. The first-order valence-electron chi connectivity index (χ1n) is 14.9. The van der Waals surface area contributed by atoms with Crippen LogP contribution in [0.3, 0.4) is 0 Å². The average molecular weight is 515 g/mol. The van der Waals surface area contributed by atoms with Gasteiger partial charge in [0.25, 0.3) is 0 Å². The highest BCUT2D eigenvalue weighted by Gasteiger charge is 2.18. The van der Waals surface area contributed by atoms with E-state index in [2.05, 4.69) is 54.1 Å². The van der Waals surface area contributed by atoms with Crippen molar-refractivity contribution in [1.82, 2.24) is 4.57 Å². The highest BCUT2D eigenvalue weighted by molar-refractivity contribution is 6.02. The minimum Gasteiger partial charge on any atom is -0.393 e. The van der Waals surface area contributed by atoms with Crippen molar-refractivity contribution in [1.29, 1.82) is 0 Å². The number of carbonyl (C=O) groups excluding carboxylic acids is 1. The predicted octanol–water partition coefficient (Wildman–Crippen LogP) is 8.26. The molecule has 3 aromatic rings. The van der Waals surface area contributed by atoms with Crippen molar-refractivity contribution < 1.29 is 9.90 Å². The van der Waals surface area contributed by atoms with Crippen LogP contribution >= 0.6 is 0 Å². The van der Waals surface area contributed by atoms with Gasteiger partial charge in [-0.05, 0) is 103 Å². The van der Waals surface area contributed by atoms with Gasteiger partial charge in [0, 0.05) is 34.9 Å². The zero-order chi connectivity index (χ0) is 27.1. The van der Waals surface area contributed by atoms with Gasteiger partial charge >= 0.3 is 0 Å². The Hall–Kier alpha value is -2.85. The summed E-state index contributed by atoms with van der Waals surface area (Å²) >= 11 is 0. The molecule has 0 radical (unpaired) electrons. The molecule has 1 fully saturated rings. The number of anilines is 1. The molecule has 1 amide bonds. The van der Waals surface area contributed by atoms with Gasteiger partial charge in [-0.2, -0.15) is 0 Å². The lowest BCUT2D eigenvalue weighted by Crippen LogP contribution is -2.19. The normalized spacial score (nSPS) is 18.6. The molecule has 0 bridgehead atoms. The summed E-state index contributed by atoms with van der Waals surface area (Å²) in [6.45, 7) is 9.54. The Morgan fingerprint density at radius 3 is 2.61 bits per heavy atom. The number of benzene rings is 2. The largest absolute Gasteiger partial charge is 0.393 e. The second-order valence-electron chi connectivity index (χ2n) is 11.0. The SMILES string of the molecule is CC.CCC(C)c1ccc2c(c1)cc(/C=C/C(=O)Nc1ccc3c(c1)CC(O)CC3)n2CC1CCCCC1. The topological polar surface area (TPSA) is 54.3 Å². The van der Waals surface area contributed by atoms with Crippen molar-refractivity contribution in [3.8, 4) is 0 Å². The lowest BCUT2D eigenvalue weighted by Gasteiger charge is -2.23. The standard InChI is InChI=1S/C32H40N2O2.C2H6/c1-3-22(2)25-11-15-31-27(17-25)19-29(34(31)21-23-7-5-4-6-8-23)13-16-32(36)33-28-12-9-24-10-14-30(35)20-26(24)18-28;1-2/h9,11-13,15-19,22-23,30,35H,3-8,10,14,20-21H2,1-2H3,(H,33,36);1-2H3/b16-13+;. The molecule has 2 aliphatic carbocycles. The van der Waals surface area contributed by atoms with E-state index in [1.165, 1.54) is 54.1 Å². The second kappa shape index (κ2) is 13.3. The van der Waals surface area contributed by atoms with Crippen LogP contribution in [0.1, 0.15) is 101 Å². The lowest BCUT2D eigenvalue weighted by molar-refractivity contribution is -0.111. The molecular weight excluding hydrogens is 468 g/mol. The van der Waals surface area contributed by atoms with Crippen LogP contribution in [0.2, 0.25) is 0 Å². The quantitative estimate of drug-likeness (QED) is 0.312. The molecule has 38 heavy (non-hydrogen) atoms. The highest BCUT2D eigenvalue weighted by Crippen LogP contribution is 2.31. The van der Waals surface area contributed by atoms with Gasteiger partial charge in [-0.3, -0.25) is 4.79 Å². The Kier molecular flexibility index (Phi) is 9.85. The summed E-state index contributed by atoms with van der Waals surface area (Å²) in [5.74, 6) is 1.12. The molecule has 2 aliphatic rings. The third kappa shape index (κ3) is 6.77. The number of aliphatic hydroxyl groups excluding tert-OH is 1. The Labute approximate surface area is 229 Å². The highest BCUT2D eigenvalue weighted by atomic mass is 16.3. The van der Waals surface area contributed by atoms with Gasteiger partial charge in [0.05, 0.1) is 6.10 Å². The molecule has 5 rings (SSSR count). The van der Waals surface area contributed by atoms with Gasteiger partial charge in [-0.15, -0.1) is 0 Å². The fourth-order valence-electron chi connectivity index (χ4n) is 5.98. The maximum absolute atomic E-state index is 12.9. The van der Waals surface area contributed by atoms with E-state index >= 15 is 0 Å². The van der Waals surface area contributed by atoms with Gasteiger partial charge in [0.1, 0.15) is 0 Å². The third-order valence-electron chi connectivity index (χ3n) is 8.39. The average Bonchev–Trinajstić information content (AvgIpc) is 3.29. The van der Waals surface area contributed by atoms with Gasteiger partial charge < -0.3 is 15.0 Å². The van der Waals surface area contributed by atoms with E-state index in [-0.39, 0.29) is 12.0 Å². The van der Waals surface area contributed by atoms with Crippen molar-refractivity contribution in [3.05, 3.63) is 70.9 Å². The summed E-state index contributed by atoms with van der Waals surface area (Å²) in [7, 11) is 0. The van der Waals surface area contributed by atoms with Gasteiger partial charge in [-0.25, -0.2) is 0 Å². The smallest absolute Gasteiger partial charge is 0.248 e. The summed E-state index contributed by atoms with van der Waals surface area (Å²) in [5.41, 5.74) is 6.95. The number of hydrogen-bond donors (Lipinski definition) is 2. The zero-order valence-electron chi connectivity index (χ0n) is 23.8. The minimum absolute atomic E-state index is 0.124. The zero-order valence-corrected chi connectivity index (χ0v) is 23.8. The van der Waals surface area contributed by atoms with Crippen LogP contribution in [0.5, 0.6) is 0 Å². The van der Waals surface area contributed by atoms with Crippen molar-refractivity contribution >= 4 is 28.6 Å². The van der Waals surface area contributed by atoms with Gasteiger partial charge in [0.15, 0.2) is 0 Å². The number of rotatable bonds is 7. The van der Waals surface area contributed by atoms with Crippen molar-refractivity contribution in [2.45, 2.75) is 104 Å². The van der Waals surface area contributed by atoms with Crippen LogP contribution in [0.15, 0.2) is 48.5 Å². The summed E-state index contributed by atoms with van der Waals surface area (Å²) in [4.78, 5) is 12.9. The number of nitrogens with zero attached hydrogens (tertiary/aromatic N) is 1. The fraction of sp³-hybridized carbons (Fsp3) is 0.500. The van der Waals surface area contributed by atoms with E-state index in [0.29, 0.717) is 18.3 Å². The molecule has 0 saturated heterocycles. The monoisotopic (exact) mass is 514 g/mol. The summed E-state index contributed by atoms with van der Waals surface area (Å²) < 4.78 is 2.43. The number of aromatic nitrogens is 1. The Morgan fingerprint density at radius 2 is 1.84 bits per heavy atom. The van der Waals surface area contributed by atoms with E-state index in [1.807, 2.05) is 32.1 Å². The first-order valence-corrected chi connectivity index (χ1v) is 14.9. The fourth-order valence-corrected chi connectivity index (χ4v) is 5.98. The van der Waals surface area contributed by atoms with Crippen molar-refractivity contribution in [2.75, 3.05) is 5.32 Å². The van der Waals surface area contributed by atoms with E-state index in [1.54, 1.807) is 6.08 Å².